The molecule has 1 aromatic rings. The van der Waals surface area contributed by atoms with Crippen molar-refractivity contribution >= 4 is 0 Å². The van der Waals surface area contributed by atoms with E-state index in [0.29, 0.717) is 0 Å². The second kappa shape index (κ2) is 10.1. The topological polar surface area (TPSA) is 38.0 Å². The molecule has 1 rings (SSSR count). The number of aliphatic hydroxyl groups is 1. The summed E-state index contributed by atoms with van der Waals surface area (Å²) in [7, 11) is 0. The Bertz CT molecular complexity index is 272. The molecular weight excluding hydrogens is 224 g/mol. The van der Waals surface area contributed by atoms with Gasteiger partial charge in [-0.3, -0.25) is 0 Å². The van der Waals surface area contributed by atoms with E-state index in [1.165, 1.54) is 38.5 Å². The molecule has 18 heavy (non-hydrogen) atoms. The summed E-state index contributed by atoms with van der Waals surface area (Å²) in [6, 6.07) is 0. The van der Waals surface area contributed by atoms with Crippen LogP contribution in [0.3, 0.4) is 0 Å². The number of rotatable bonds is 11. The highest BCUT2D eigenvalue weighted by atomic mass is 16.3. The lowest BCUT2D eigenvalue weighted by Crippen LogP contribution is -2.06. The number of nitrogens with zero attached hydrogens (tertiary/aromatic N) is 2. The molecule has 0 amide bonds. The zero-order valence-corrected chi connectivity index (χ0v) is 11.7. The first-order chi connectivity index (χ1) is 8.83. The molecule has 0 aliphatic rings. The third-order valence-corrected chi connectivity index (χ3v) is 3.40. The lowest BCUT2D eigenvalue weighted by Gasteiger charge is -2.10. The Morgan fingerprint density at radius 3 is 2.39 bits per heavy atom. The summed E-state index contributed by atoms with van der Waals surface area (Å²) in [6.45, 7) is 3.27. The molecule has 0 spiro atoms. The maximum atomic E-state index is 9.82. The van der Waals surface area contributed by atoms with E-state index >= 15 is 0 Å². The minimum Gasteiger partial charge on any atom is -0.393 e. The third kappa shape index (κ3) is 7.49. The first-order valence-electron chi connectivity index (χ1n) is 7.46. The van der Waals surface area contributed by atoms with Gasteiger partial charge in [-0.25, -0.2) is 4.98 Å². The number of unbranched alkanes of at least 4 members (excludes halogenated alkanes) is 5. The van der Waals surface area contributed by atoms with Gasteiger partial charge in [-0.2, -0.15) is 0 Å². The SMILES string of the molecule is CCCCCCC(O)CCCCCn1ccnc1. The van der Waals surface area contributed by atoms with E-state index in [4.69, 9.17) is 0 Å². The highest BCUT2D eigenvalue weighted by molar-refractivity contribution is 4.73. The molecule has 1 N–H and O–H groups in total. The smallest absolute Gasteiger partial charge is 0.0945 e. The fraction of sp³-hybridized carbons (Fsp3) is 0.800. The van der Waals surface area contributed by atoms with Crippen LogP contribution in [0.5, 0.6) is 0 Å². The number of aryl methyl sites for hydroxylation is 1. The van der Waals surface area contributed by atoms with Gasteiger partial charge in [-0.15, -0.1) is 0 Å². The molecule has 1 heterocycles. The summed E-state index contributed by atoms with van der Waals surface area (Å²) < 4.78 is 2.11. The molecule has 0 aliphatic heterocycles. The number of aliphatic hydroxyl groups excluding tert-OH is 1. The molecule has 0 bridgehead atoms. The van der Waals surface area contributed by atoms with E-state index in [1.807, 2.05) is 18.7 Å². The molecule has 1 unspecified atom stereocenters. The molecule has 0 aliphatic carbocycles. The number of imidazole rings is 1. The quantitative estimate of drug-likeness (QED) is 0.609. The highest BCUT2D eigenvalue weighted by Gasteiger charge is 2.03. The van der Waals surface area contributed by atoms with Crippen LogP contribution >= 0.6 is 0 Å². The van der Waals surface area contributed by atoms with Crippen LogP contribution in [0, 0.1) is 0 Å². The molecule has 0 saturated heterocycles. The average Bonchev–Trinajstić information content (AvgIpc) is 2.87. The molecule has 0 saturated carbocycles. The van der Waals surface area contributed by atoms with E-state index in [1.54, 1.807) is 0 Å². The molecule has 1 aromatic heterocycles. The van der Waals surface area contributed by atoms with Gasteiger partial charge >= 0.3 is 0 Å². The maximum Gasteiger partial charge on any atom is 0.0945 e. The lowest BCUT2D eigenvalue weighted by molar-refractivity contribution is 0.147. The van der Waals surface area contributed by atoms with E-state index in [2.05, 4.69) is 16.5 Å². The van der Waals surface area contributed by atoms with Crippen molar-refractivity contribution in [3.63, 3.8) is 0 Å². The molecular formula is C15H28N2O. The van der Waals surface area contributed by atoms with Gasteiger partial charge in [0.2, 0.25) is 0 Å². The van der Waals surface area contributed by atoms with Gasteiger partial charge < -0.3 is 9.67 Å². The van der Waals surface area contributed by atoms with Crippen molar-refractivity contribution in [2.24, 2.45) is 0 Å². The van der Waals surface area contributed by atoms with Crippen molar-refractivity contribution in [3.8, 4) is 0 Å². The third-order valence-electron chi connectivity index (χ3n) is 3.40. The predicted molar refractivity (Wildman–Crippen MR) is 75.5 cm³/mol. The van der Waals surface area contributed by atoms with E-state index < -0.39 is 0 Å². The summed E-state index contributed by atoms with van der Waals surface area (Å²) in [4.78, 5) is 4.02. The normalized spacial score (nSPS) is 12.8. The first-order valence-corrected chi connectivity index (χ1v) is 7.46. The number of hydrogen-bond donors (Lipinski definition) is 1. The summed E-state index contributed by atoms with van der Waals surface area (Å²) in [6.07, 6.45) is 16.1. The average molecular weight is 252 g/mol. The fourth-order valence-corrected chi connectivity index (χ4v) is 2.22. The van der Waals surface area contributed by atoms with Gasteiger partial charge in [0.25, 0.3) is 0 Å². The molecule has 0 radical (unpaired) electrons. The Morgan fingerprint density at radius 2 is 1.78 bits per heavy atom. The van der Waals surface area contributed by atoms with Crippen LogP contribution in [0.1, 0.15) is 64.7 Å². The van der Waals surface area contributed by atoms with Crippen molar-refractivity contribution in [1.29, 1.82) is 0 Å². The van der Waals surface area contributed by atoms with Gasteiger partial charge in [0.1, 0.15) is 0 Å². The predicted octanol–water partition coefficient (Wildman–Crippen LogP) is 3.77. The summed E-state index contributed by atoms with van der Waals surface area (Å²) >= 11 is 0. The van der Waals surface area contributed by atoms with Crippen molar-refractivity contribution in [2.75, 3.05) is 0 Å². The van der Waals surface area contributed by atoms with Crippen LogP contribution in [0.2, 0.25) is 0 Å². The minimum atomic E-state index is -0.0740. The largest absolute Gasteiger partial charge is 0.393 e. The van der Waals surface area contributed by atoms with E-state index in [9.17, 15) is 5.11 Å². The molecule has 1 atom stereocenters. The van der Waals surface area contributed by atoms with Gasteiger partial charge in [-0.05, 0) is 19.3 Å². The fourth-order valence-electron chi connectivity index (χ4n) is 2.22. The van der Waals surface area contributed by atoms with Crippen molar-refractivity contribution in [2.45, 2.75) is 77.4 Å². The maximum absolute atomic E-state index is 9.82. The highest BCUT2D eigenvalue weighted by Crippen LogP contribution is 2.11. The van der Waals surface area contributed by atoms with Crippen molar-refractivity contribution in [3.05, 3.63) is 18.7 Å². The Labute approximate surface area is 111 Å². The van der Waals surface area contributed by atoms with Crippen LogP contribution < -0.4 is 0 Å². The molecule has 0 fully saturated rings. The lowest BCUT2D eigenvalue weighted by atomic mass is 10.0. The van der Waals surface area contributed by atoms with Crippen molar-refractivity contribution in [1.82, 2.24) is 9.55 Å². The summed E-state index contributed by atoms with van der Waals surface area (Å²) in [5.74, 6) is 0. The molecule has 0 aromatic carbocycles. The number of aromatic nitrogens is 2. The Morgan fingerprint density at radius 1 is 1.06 bits per heavy atom. The van der Waals surface area contributed by atoms with Crippen LogP contribution in [-0.2, 0) is 6.54 Å². The second-order valence-electron chi connectivity index (χ2n) is 5.15. The Hall–Kier alpha value is -0.830. The molecule has 3 heteroatoms. The van der Waals surface area contributed by atoms with Crippen LogP contribution in [0.25, 0.3) is 0 Å². The second-order valence-corrected chi connectivity index (χ2v) is 5.15. The van der Waals surface area contributed by atoms with Gasteiger partial charge in [0, 0.05) is 18.9 Å². The monoisotopic (exact) mass is 252 g/mol. The van der Waals surface area contributed by atoms with Gasteiger partial charge in [-0.1, -0.05) is 45.4 Å². The van der Waals surface area contributed by atoms with E-state index in [-0.39, 0.29) is 6.10 Å². The standard InChI is InChI=1S/C15H28N2O/c1-2-3-4-6-9-15(18)10-7-5-8-12-17-13-11-16-14-17/h11,13-15,18H,2-10,12H2,1H3. The molecule has 104 valence electrons. The zero-order chi connectivity index (χ0) is 13.1. The summed E-state index contributed by atoms with van der Waals surface area (Å²) in [5.41, 5.74) is 0. The van der Waals surface area contributed by atoms with Crippen LogP contribution in [-0.4, -0.2) is 20.8 Å². The Kier molecular flexibility index (Phi) is 8.57. The van der Waals surface area contributed by atoms with Crippen molar-refractivity contribution < 1.29 is 5.11 Å². The van der Waals surface area contributed by atoms with Gasteiger partial charge in [0.05, 0.1) is 12.4 Å². The Balaban J connectivity index is 1.87. The minimum absolute atomic E-state index is 0.0740. The zero-order valence-electron chi connectivity index (χ0n) is 11.7. The number of hydrogen-bond acceptors (Lipinski definition) is 2. The van der Waals surface area contributed by atoms with Crippen LogP contribution in [0.4, 0.5) is 0 Å². The summed E-state index contributed by atoms with van der Waals surface area (Å²) in [5, 5.41) is 9.82. The van der Waals surface area contributed by atoms with Gasteiger partial charge in [0.15, 0.2) is 0 Å². The first kappa shape index (κ1) is 15.2. The van der Waals surface area contributed by atoms with E-state index in [0.717, 1.165) is 25.8 Å². The molecule has 3 nitrogen and oxygen atoms in total. The van der Waals surface area contributed by atoms with Crippen LogP contribution in [0.15, 0.2) is 18.7 Å².